The molecular weight excluding hydrogens is 370 g/mol. The number of morpholine rings is 1. The van der Waals surface area contributed by atoms with Gasteiger partial charge in [-0.15, -0.1) is 11.3 Å². The van der Waals surface area contributed by atoms with E-state index in [1.165, 1.54) is 11.3 Å². The minimum atomic E-state index is -1.15. The first-order valence-electron chi connectivity index (χ1n) is 7.39. The van der Waals surface area contributed by atoms with Crippen molar-refractivity contribution in [2.45, 2.75) is 49.3 Å². The van der Waals surface area contributed by atoms with Crippen LogP contribution in [-0.2, 0) is 14.3 Å². The Morgan fingerprint density at radius 3 is 2.59 bits per heavy atom. The van der Waals surface area contributed by atoms with Gasteiger partial charge in [-0.3, -0.25) is 0 Å². The van der Waals surface area contributed by atoms with E-state index in [4.69, 9.17) is 9.47 Å². The van der Waals surface area contributed by atoms with E-state index in [9.17, 15) is 9.90 Å². The Morgan fingerprint density at radius 1 is 1.41 bits per heavy atom. The number of carbonyl (C=O) groups is 1. The van der Waals surface area contributed by atoms with Gasteiger partial charge in [-0.25, -0.2) is 4.79 Å². The number of aliphatic hydroxyl groups is 1. The summed E-state index contributed by atoms with van der Waals surface area (Å²) in [7, 11) is 4.48. The topological polar surface area (TPSA) is 59.1 Å². The number of rotatable bonds is 3. The van der Waals surface area contributed by atoms with Gasteiger partial charge in [0.2, 0.25) is 0 Å². The van der Waals surface area contributed by atoms with E-state index in [1.54, 1.807) is 6.07 Å². The molecule has 5 unspecified atom stereocenters. The number of esters is 1. The lowest BCUT2D eigenvalue weighted by Gasteiger charge is -2.45. The summed E-state index contributed by atoms with van der Waals surface area (Å²) in [6.45, 7) is 0. The lowest BCUT2D eigenvalue weighted by molar-refractivity contribution is -0.938. The molecule has 3 aliphatic heterocycles. The third kappa shape index (κ3) is 2.43. The van der Waals surface area contributed by atoms with Crippen LogP contribution in [0, 0.1) is 0 Å². The normalized spacial score (nSPS) is 38.6. The Hall–Kier alpha value is -0.470. The molecule has 3 fully saturated rings. The minimum absolute atomic E-state index is 0. The monoisotopic (exact) mass is 389 g/mol. The summed E-state index contributed by atoms with van der Waals surface area (Å²) < 4.78 is 12.3. The van der Waals surface area contributed by atoms with Crippen LogP contribution in [0.15, 0.2) is 17.5 Å². The van der Waals surface area contributed by atoms with Crippen molar-refractivity contribution in [2.75, 3.05) is 14.1 Å². The molecular formula is C15H20BrNO4S. The fourth-order valence-electron chi connectivity index (χ4n) is 4.09. The maximum Gasteiger partial charge on any atom is 0.340 e. The number of ether oxygens (including phenoxy) is 2. The predicted octanol–water partition coefficient (Wildman–Crippen LogP) is -1.91. The van der Waals surface area contributed by atoms with Crippen molar-refractivity contribution >= 4 is 17.3 Å². The van der Waals surface area contributed by atoms with Crippen molar-refractivity contribution in [3.8, 4) is 0 Å². The molecule has 4 heterocycles. The second-order valence-corrected chi connectivity index (χ2v) is 7.76. The molecule has 22 heavy (non-hydrogen) atoms. The van der Waals surface area contributed by atoms with E-state index in [-0.39, 0.29) is 23.1 Å². The van der Waals surface area contributed by atoms with Crippen LogP contribution in [0.25, 0.3) is 0 Å². The summed E-state index contributed by atoms with van der Waals surface area (Å²) >= 11 is 1.37. The fraction of sp³-hybridized carbons (Fsp3) is 0.667. The Morgan fingerprint density at radius 2 is 2.05 bits per heavy atom. The molecule has 4 rings (SSSR count). The summed E-state index contributed by atoms with van der Waals surface area (Å²) in [5.74, 6) is -0.524. The van der Waals surface area contributed by atoms with Gasteiger partial charge in [0.05, 0.1) is 14.1 Å². The van der Waals surface area contributed by atoms with Crippen molar-refractivity contribution < 1.29 is 40.8 Å². The van der Waals surface area contributed by atoms with Crippen molar-refractivity contribution in [1.82, 2.24) is 0 Å². The number of epoxide rings is 1. The number of carbonyl (C=O) groups excluding carboxylic acids is 1. The van der Waals surface area contributed by atoms with Gasteiger partial charge in [-0.1, -0.05) is 6.07 Å². The summed E-state index contributed by atoms with van der Waals surface area (Å²) in [4.78, 5) is 12.7. The molecule has 0 amide bonds. The SMILES string of the molecule is C[N+]1(C)C2CC(OC(=O)C(O)c3cccs3)CC1C1OC12.[Br-]. The number of aliphatic hydroxyl groups excluding tert-OH is 1. The zero-order valence-electron chi connectivity index (χ0n) is 12.5. The van der Waals surface area contributed by atoms with Crippen molar-refractivity contribution in [3.63, 3.8) is 0 Å². The molecule has 1 N–H and O–H groups in total. The fourth-order valence-corrected chi connectivity index (χ4v) is 4.79. The van der Waals surface area contributed by atoms with E-state index < -0.39 is 12.1 Å². The number of quaternary nitrogens is 1. The molecule has 7 heteroatoms. The summed E-state index contributed by atoms with van der Waals surface area (Å²) in [6.07, 6.45) is 1.09. The second-order valence-electron chi connectivity index (χ2n) is 6.78. The lowest BCUT2D eigenvalue weighted by Crippen LogP contribution is -3.00. The molecule has 3 saturated heterocycles. The number of hydrogen-bond acceptors (Lipinski definition) is 5. The van der Waals surface area contributed by atoms with Gasteiger partial charge in [-0.05, 0) is 11.4 Å². The Balaban J connectivity index is 0.00000144. The number of nitrogens with zero attached hydrogens (tertiary/aromatic N) is 1. The molecule has 3 aliphatic rings. The molecule has 0 spiro atoms. The molecule has 0 saturated carbocycles. The summed E-state index contributed by atoms with van der Waals surface area (Å²) in [6, 6.07) is 4.39. The van der Waals surface area contributed by atoms with E-state index in [2.05, 4.69) is 14.1 Å². The number of likely N-dealkylation sites (N-methyl/N-ethyl adjacent to an activating group) is 1. The highest BCUT2D eigenvalue weighted by Crippen LogP contribution is 2.51. The van der Waals surface area contributed by atoms with Crippen LogP contribution in [0.5, 0.6) is 0 Å². The van der Waals surface area contributed by atoms with Crippen LogP contribution in [-0.4, -0.2) is 60.0 Å². The zero-order valence-corrected chi connectivity index (χ0v) is 14.9. The zero-order chi connectivity index (χ0) is 14.8. The number of thiophene rings is 1. The van der Waals surface area contributed by atoms with Crippen LogP contribution in [0.4, 0.5) is 0 Å². The highest BCUT2D eigenvalue weighted by atomic mass is 79.9. The Kier molecular flexibility index (Phi) is 4.14. The Bertz CT molecular complexity index is 544. The molecule has 1 aromatic heterocycles. The van der Waals surface area contributed by atoms with E-state index >= 15 is 0 Å². The summed E-state index contributed by atoms with van der Waals surface area (Å²) in [5.41, 5.74) is 0. The predicted molar refractivity (Wildman–Crippen MR) is 76.7 cm³/mol. The first-order valence-corrected chi connectivity index (χ1v) is 8.27. The average molecular weight is 390 g/mol. The van der Waals surface area contributed by atoms with Crippen LogP contribution < -0.4 is 17.0 Å². The number of fused-ring (bicyclic) bond motifs is 5. The first-order chi connectivity index (χ1) is 9.98. The highest BCUT2D eigenvalue weighted by molar-refractivity contribution is 7.10. The van der Waals surface area contributed by atoms with Gasteiger partial charge >= 0.3 is 5.97 Å². The molecule has 1 aromatic rings. The standard InChI is InChI=1S/C15H20NO4S.BrH/c1-16(2)9-6-8(7-10(16)14-13(9)20-14)19-15(18)12(17)11-4-3-5-21-11;/h3-5,8-10,12-14,17H,6-7H2,1-2H3;1H/q+1;/p-1. The van der Waals surface area contributed by atoms with Gasteiger partial charge in [0, 0.05) is 17.7 Å². The van der Waals surface area contributed by atoms with Crippen LogP contribution in [0.1, 0.15) is 23.8 Å². The molecule has 0 aliphatic carbocycles. The van der Waals surface area contributed by atoms with E-state index in [0.29, 0.717) is 29.2 Å². The van der Waals surface area contributed by atoms with Gasteiger partial charge in [0.25, 0.3) is 0 Å². The minimum Gasteiger partial charge on any atom is -1.00 e. The van der Waals surface area contributed by atoms with Gasteiger partial charge in [-0.2, -0.15) is 0 Å². The lowest BCUT2D eigenvalue weighted by atomic mass is 9.96. The van der Waals surface area contributed by atoms with Gasteiger partial charge in [0.15, 0.2) is 6.10 Å². The smallest absolute Gasteiger partial charge is 0.340 e. The number of piperidine rings is 1. The van der Waals surface area contributed by atoms with Crippen LogP contribution in [0.2, 0.25) is 0 Å². The van der Waals surface area contributed by atoms with Gasteiger partial charge in [0.1, 0.15) is 30.4 Å². The number of hydrogen-bond donors (Lipinski definition) is 1. The molecule has 0 radical (unpaired) electrons. The largest absolute Gasteiger partial charge is 1.00 e. The van der Waals surface area contributed by atoms with Crippen molar-refractivity contribution in [1.29, 1.82) is 0 Å². The maximum atomic E-state index is 12.1. The molecule has 122 valence electrons. The molecule has 5 nitrogen and oxygen atoms in total. The molecule has 0 aromatic carbocycles. The quantitative estimate of drug-likeness (QED) is 0.372. The highest BCUT2D eigenvalue weighted by Gasteiger charge is 2.70. The third-order valence-corrected chi connectivity index (χ3v) is 6.28. The van der Waals surface area contributed by atoms with Crippen molar-refractivity contribution in [2.24, 2.45) is 0 Å². The second kappa shape index (κ2) is 5.56. The molecule has 5 atom stereocenters. The van der Waals surface area contributed by atoms with Gasteiger partial charge < -0.3 is 36.0 Å². The maximum absolute atomic E-state index is 12.1. The summed E-state index contributed by atoms with van der Waals surface area (Å²) in [5, 5.41) is 11.9. The van der Waals surface area contributed by atoms with Crippen molar-refractivity contribution in [3.05, 3.63) is 22.4 Å². The number of halogens is 1. The van der Waals surface area contributed by atoms with Crippen LogP contribution in [0.3, 0.4) is 0 Å². The van der Waals surface area contributed by atoms with E-state index in [1.807, 2.05) is 11.4 Å². The first kappa shape index (κ1) is 16.4. The Labute approximate surface area is 144 Å². The third-order valence-electron chi connectivity index (χ3n) is 5.36. The molecule has 2 bridgehead atoms. The van der Waals surface area contributed by atoms with Crippen LogP contribution >= 0.6 is 11.3 Å². The van der Waals surface area contributed by atoms with E-state index in [0.717, 1.165) is 17.3 Å². The average Bonchev–Trinajstić information content (AvgIpc) is 2.98.